The summed E-state index contributed by atoms with van der Waals surface area (Å²) in [6.07, 6.45) is 8.31. The zero-order valence-corrected chi connectivity index (χ0v) is 11.4. The molecule has 5 rings (SSSR count). The van der Waals surface area contributed by atoms with Gasteiger partial charge in [-0.05, 0) is 55.3 Å². The van der Waals surface area contributed by atoms with Gasteiger partial charge < -0.3 is 10.1 Å². The Balaban J connectivity index is 1.74. The summed E-state index contributed by atoms with van der Waals surface area (Å²) in [6, 6.07) is 5.38. The lowest BCUT2D eigenvalue weighted by atomic mass is 9.52. The van der Waals surface area contributed by atoms with E-state index >= 15 is 0 Å². The normalized spacial score (nSPS) is 38.3. The molecule has 2 aliphatic heterocycles. The molecular formula is C17H21NO. The van der Waals surface area contributed by atoms with Crippen LogP contribution in [0.3, 0.4) is 0 Å². The fraction of sp³-hybridized carbons (Fsp3) is 0.647. The molecule has 0 aromatic heterocycles. The van der Waals surface area contributed by atoms with Crippen molar-refractivity contribution in [1.82, 2.24) is 5.32 Å². The number of nitrogens with one attached hydrogen (secondary N) is 1. The molecule has 1 aromatic rings. The van der Waals surface area contributed by atoms with Crippen LogP contribution in [0.5, 0.6) is 5.75 Å². The third-order valence-electron chi connectivity index (χ3n) is 6.28. The minimum Gasteiger partial charge on any atom is -0.488 e. The maximum Gasteiger partial charge on any atom is 0.126 e. The van der Waals surface area contributed by atoms with Crippen molar-refractivity contribution in [2.45, 2.75) is 56.6 Å². The highest BCUT2D eigenvalue weighted by Gasteiger charge is 2.52. The number of ether oxygens (including phenoxy) is 1. The van der Waals surface area contributed by atoms with E-state index in [1.54, 1.807) is 11.1 Å². The molecule has 1 saturated heterocycles. The Morgan fingerprint density at radius 1 is 1.16 bits per heavy atom. The van der Waals surface area contributed by atoms with E-state index in [2.05, 4.69) is 17.4 Å². The minimum atomic E-state index is 0.506. The van der Waals surface area contributed by atoms with Crippen molar-refractivity contribution in [2.24, 2.45) is 5.92 Å². The second-order valence-electron chi connectivity index (χ2n) is 6.88. The molecule has 3 atom stereocenters. The lowest BCUT2D eigenvalue weighted by Crippen LogP contribution is -2.59. The predicted octanol–water partition coefficient (Wildman–Crippen LogP) is 2.93. The summed E-state index contributed by atoms with van der Waals surface area (Å²) in [5, 5.41) is 3.82. The van der Waals surface area contributed by atoms with Crippen LogP contribution in [0.2, 0.25) is 0 Å². The van der Waals surface area contributed by atoms with Crippen LogP contribution < -0.4 is 10.1 Å². The fourth-order valence-electron chi connectivity index (χ4n) is 5.42. The summed E-state index contributed by atoms with van der Waals surface area (Å²) in [4.78, 5) is 0. The van der Waals surface area contributed by atoms with Crippen molar-refractivity contribution < 1.29 is 4.74 Å². The Morgan fingerprint density at radius 3 is 3.05 bits per heavy atom. The van der Waals surface area contributed by atoms with E-state index in [9.17, 15) is 0 Å². The number of piperidine rings is 1. The monoisotopic (exact) mass is 255 g/mol. The molecule has 19 heavy (non-hydrogen) atoms. The van der Waals surface area contributed by atoms with Crippen molar-refractivity contribution in [3.05, 3.63) is 28.8 Å². The molecule has 2 heteroatoms. The smallest absolute Gasteiger partial charge is 0.126 e. The van der Waals surface area contributed by atoms with Crippen LogP contribution >= 0.6 is 0 Å². The first-order valence-electron chi connectivity index (χ1n) is 7.90. The van der Waals surface area contributed by atoms with E-state index in [1.165, 1.54) is 50.6 Å². The van der Waals surface area contributed by atoms with Gasteiger partial charge in [-0.25, -0.2) is 0 Å². The highest BCUT2D eigenvalue weighted by atomic mass is 16.5. The van der Waals surface area contributed by atoms with Crippen LogP contribution in [0.1, 0.15) is 48.8 Å². The molecule has 1 aromatic carbocycles. The van der Waals surface area contributed by atoms with Gasteiger partial charge in [0.2, 0.25) is 0 Å². The van der Waals surface area contributed by atoms with E-state index in [-0.39, 0.29) is 0 Å². The van der Waals surface area contributed by atoms with Crippen molar-refractivity contribution in [3.63, 3.8) is 0 Å². The van der Waals surface area contributed by atoms with Crippen LogP contribution in [0, 0.1) is 5.92 Å². The first-order chi connectivity index (χ1) is 9.38. The number of hydrogen-bond acceptors (Lipinski definition) is 2. The molecule has 2 bridgehead atoms. The summed E-state index contributed by atoms with van der Waals surface area (Å²) in [6.45, 7) is 2.07. The van der Waals surface area contributed by atoms with Gasteiger partial charge in [-0.15, -0.1) is 0 Å². The highest BCUT2D eigenvalue weighted by molar-refractivity contribution is 5.54. The summed E-state index contributed by atoms with van der Waals surface area (Å²) >= 11 is 0. The first-order valence-corrected chi connectivity index (χ1v) is 7.90. The Morgan fingerprint density at radius 2 is 2.16 bits per heavy atom. The molecule has 1 saturated carbocycles. The molecule has 100 valence electrons. The van der Waals surface area contributed by atoms with E-state index in [1.807, 2.05) is 0 Å². The number of benzene rings is 1. The number of fused-ring (bicyclic) bond motifs is 3. The van der Waals surface area contributed by atoms with Crippen molar-refractivity contribution in [3.8, 4) is 5.75 Å². The summed E-state index contributed by atoms with van der Waals surface area (Å²) < 4.78 is 5.58. The number of hydrogen-bond donors (Lipinski definition) is 1. The Hall–Kier alpha value is -1.02. The quantitative estimate of drug-likeness (QED) is 0.769. The van der Waals surface area contributed by atoms with Gasteiger partial charge in [0.25, 0.3) is 0 Å². The predicted molar refractivity (Wildman–Crippen MR) is 74.5 cm³/mol. The van der Waals surface area contributed by atoms with E-state index < -0.39 is 0 Å². The maximum absolute atomic E-state index is 5.58. The zero-order chi connectivity index (χ0) is 12.4. The average molecular weight is 255 g/mol. The van der Waals surface area contributed by atoms with Gasteiger partial charge in [0.1, 0.15) is 12.4 Å². The second kappa shape index (κ2) is 3.54. The lowest BCUT2D eigenvalue weighted by Gasteiger charge is -2.56. The molecule has 4 aliphatic rings. The molecule has 2 fully saturated rings. The van der Waals surface area contributed by atoms with E-state index in [0.717, 1.165) is 24.3 Å². The van der Waals surface area contributed by atoms with Gasteiger partial charge in [-0.2, -0.15) is 0 Å². The Labute approximate surface area is 114 Å². The molecule has 0 amide bonds. The minimum absolute atomic E-state index is 0.506. The lowest BCUT2D eigenvalue weighted by molar-refractivity contribution is 0.0777. The third kappa shape index (κ3) is 1.22. The largest absolute Gasteiger partial charge is 0.488 e. The van der Waals surface area contributed by atoms with E-state index in [0.29, 0.717) is 5.41 Å². The van der Waals surface area contributed by atoms with Crippen molar-refractivity contribution in [1.29, 1.82) is 0 Å². The summed E-state index contributed by atoms with van der Waals surface area (Å²) in [5.74, 6) is 2.05. The standard InChI is InChI=1S/C17H21NO/c1-2-6-17-7-8-18-15(14(17)3-1)9-11-12-10-19-16(12)5-4-13(11)17/h4-5,14-15,18H,1-3,6-10H2/t14-,15+,17-/m0/s1. The fourth-order valence-corrected chi connectivity index (χ4v) is 5.42. The van der Waals surface area contributed by atoms with Gasteiger partial charge >= 0.3 is 0 Å². The summed E-state index contributed by atoms with van der Waals surface area (Å²) in [7, 11) is 0. The Kier molecular flexibility index (Phi) is 2.00. The molecular weight excluding hydrogens is 234 g/mol. The van der Waals surface area contributed by atoms with Crippen LogP contribution in [0.4, 0.5) is 0 Å². The average Bonchev–Trinajstić information content (AvgIpc) is 2.40. The topological polar surface area (TPSA) is 21.3 Å². The third-order valence-corrected chi connectivity index (χ3v) is 6.28. The van der Waals surface area contributed by atoms with Crippen LogP contribution in [-0.4, -0.2) is 12.6 Å². The molecule has 0 radical (unpaired) electrons. The molecule has 0 spiro atoms. The maximum atomic E-state index is 5.58. The SMILES string of the molecule is c1cc2c(c3c1OC3)C[C@H]1NCC[C@@]23CCCC[C@@H]13. The molecule has 0 unspecified atom stereocenters. The first kappa shape index (κ1) is 10.7. The number of rotatable bonds is 0. The van der Waals surface area contributed by atoms with Gasteiger partial charge in [-0.1, -0.05) is 18.9 Å². The Bertz CT molecular complexity index is 548. The highest BCUT2D eigenvalue weighted by Crippen LogP contribution is 2.55. The summed E-state index contributed by atoms with van der Waals surface area (Å²) in [5.41, 5.74) is 5.39. The van der Waals surface area contributed by atoms with Crippen molar-refractivity contribution in [2.75, 3.05) is 6.54 Å². The molecule has 1 N–H and O–H groups in total. The molecule has 2 aliphatic carbocycles. The van der Waals surface area contributed by atoms with Gasteiger partial charge in [0, 0.05) is 17.0 Å². The molecule has 2 nitrogen and oxygen atoms in total. The molecule has 2 heterocycles. The van der Waals surface area contributed by atoms with Crippen molar-refractivity contribution >= 4 is 0 Å². The second-order valence-corrected chi connectivity index (χ2v) is 6.88. The zero-order valence-electron chi connectivity index (χ0n) is 11.4. The van der Waals surface area contributed by atoms with Crippen LogP contribution in [0.25, 0.3) is 0 Å². The van der Waals surface area contributed by atoms with Gasteiger partial charge in [0.05, 0.1) is 0 Å². The van der Waals surface area contributed by atoms with E-state index in [4.69, 9.17) is 4.74 Å². The van der Waals surface area contributed by atoms with Gasteiger partial charge in [0.15, 0.2) is 0 Å². The van der Waals surface area contributed by atoms with Crippen LogP contribution in [0.15, 0.2) is 12.1 Å². The van der Waals surface area contributed by atoms with Crippen LogP contribution in [-0.2, 0) is 18.4 Å². The van der Waals surface area contributed by atoms with Gasteiger partial charge in [-0.3, -0.25) is 0 Å².